The first-order valence-electron chi connectivity index (χ1n) is 22.3. The minimum Gasteiger partial charge on any atom is -0.656 e. The first kappa shape index (κ1) is 49.8. The van der Waals surface area contributed by atoms with Gasteiger partial charge in [-0.15, -0.1) is 24.2 Å². The van der Waals surface area contributed by atoms with Crippen LogP contribution in [-0.4, -0.2) is 88.0 Å². The molecule has 5 heterocycles. The van der Waals surface area contributed by atoms with Gasteiger partial charge in [0.05, 0.1) is 6.10 Å². The first-order chi connectivity index (χ1) is 28.1. The van der Waals surface area contributed by atoms with Crippen LogP contribution in [0.1, 0.15) is 138 Å². The molecule has 0 saturated carbocycles. The summed E-state index contributed by atoms with van der Waals surface area (Å²) in [6, 6.07) is -1.12. The van der Waals surface area contributed by atoms with E-state index in [9.17, 15) is 29.7 Å². The maximum atomic E-state index is 12.9. The molecule has 331 valence electrons. The van der Waals surface area contributed by atoms with Gasteiger partial charge >= 0.3 is 29.0 Å². The van der Waals surface area contributed by atoms with Gasteiger partial charge in [-0.2, -0.15) is 0 Å². The molecule has 5 rings (SSSR count). The Kier molecular flexibility index (Phi) is 19.1. The third kappa shape index (κ3) is 12.6. The SMILES string of the molecule is C=CC1=C(C)C2CC3[N-]C(CC4NC(CC5[N-]C(CC1N2)C(C)C5CCC(=O)O)C(CCC(=O)O)=C4C=O)C(C)=C3C(O)CC/C=C(\C)CC/C=C(\C)CCC=C(C)C.[Fe+3]. The number of aldehydes is 1. The number of hydrogen-bond acceptors (Lipinski definition) is 6. The third-order valence-electron chi connectivity index (χ3n) is 14.1. The van der Waals surface area contributed by atoms with Crippen LogP contribution in [0.15, 0.2) is 81.0 Å². The second-order valence-electron chi connectivity index (χ2n) is 18.4. The standard InChI is InChI=1S/C49H72N4O6.Fe/c1-9-34-31(6)39-25-45-49(46(55)18-12-17-30(5)16-11-15-29(4)14-10-13-28(2)3)33(8)40(52-45)24-44-37(27-54)36(20-22-48(58)59)43(53-44)26-42-35(19-21-47(56)57)32(7)38(51-42)23-41(34)50-39;/h9,13,15,17,27,32,35,38-46,50,53,55H,1,10-12,14,16,18-26H2,2-8H3,(H,56,57)(H,58,59);/q-2;+3/b29-15+,30-17+;. The molecule has 5 N–H and O–H groups in total. The molecule has 2 saturated heterocycles. The summed E-state index contributed by atoms with van der Waals surface area (Å²) in [6.45, 7) is 19.3. The summed E-state index contributed by atoms with van der Waals surface area (Å²) in [5, 5.41) is 49.9. The van der Waals surface area contributed by atoms with Crippen molar-refractivity contribution in [1.29, 1.82) is 0 Å². The van der Waals surface area contributed by atoms with Crippen molar-refractivity contribution in [3.63, 3.8) is 0 Å². The molecule has 5 aliphatic rings. The van der Waals surface area contributed by atoms with Crippen LogP contribution >= 0.6 is 0 Å². The van der Waals surface area contributed by atoms with Crippen molar-refractivity contribution >= 4 is 18.2 Å². The van der Waals surface area contributed by atoms with Gasteiger partial charge < -0.3 is 36.6 Å². The molecule has 0 aliphatic carbocycles. The van der Waals surface area contributed by atoms with Gasteiger partial charge in [0.1, 0.15) is 6.29 Å². The Hall–Kier alpha value is -2.89. The first-order valence-corrected chi connectivity index (χ1v) is 22.3. The fourth-order valence-electron chi connectivity index (χ4n) is 10.7. The Morgan fingerprint density at radius 2 is 1.37 bits per heavy atom. The number of aliphatic hydroxyl groups excluding tert-OH is 1. The number of nitrogens with one attached hydrogen (secondary N) is 2. The molecule has 1 radical (unpaired) electrons. The largest absolute Gasteiger partial charge is 3.00 e. The summed E-state index contributed by atoms with van der Waals surface area (Å²) in [5.41, 5.74) is 9.99. The predicted molar refractivity (Wildman–Crippen MR) is 237 cm³/mol. The van der Waals surface area contributed by atoms with E-state index in [1.807, 2.05) is 6.08 Å². The molecule has 0 spiro atoms. The summed E-state index contributed by atoms with van der Waals surface area (Å²) >= 11 is 0. The van der Waals surface area contributed by atoms with Crippen molar-refractivity contribution in [2.75, 3.05) is 0 Å². The van der Waals surface area contributed by atoms with Crippen LogP contribution in [0.2, 0.25) is 0 Å². The van der Waals surface area contributed by atoms with Gasteiger partial charge in [-0.1, -0.05) is 83.1 Å². The van der Waals surface area contributed by atoms with Gasteiger partial charge in [0.25, 0.3) is 0 Å². The zero-order chi connectivity index (χ0) is 43.0. The number of carbonyl (C=O) groups excluding carboxylic acids is 1. The van der Waals surface area contributed by atoms with Gasteiger partial charge in [0.15, 0.2) is 0 Å². The number of carboxylic acid groups (broad SMARTS) is 2. The molecule has 60 heavy (non-hydrogen) atoms. The van der Waals surface area contributed by atoms with E-state index < -0.39 is 18.0 Å². The molecule has 0 amide bonds. The molecule has 8 bridgehead atoms. The maximum absolute atomic E-state index is 12.9. The van der Waals surface area contributed by atoms with Crippen LogP contribution in [0.4, 0.5) is 0 Å². The average molecular weight is 869 g/mol. The molecule has 2 fully saturated rings. The van der Waals surface area contributed by atoms with Gasteiger partial charge in [-0.3, -0.25) is 14.4 Å². The van der Waals surface area contributed by atoms with Crippen molar-refractivity contribution < 1.29 is 46.8 Å². The van der Waals surface area contributed by atoms with E-state index in [0.29, 0.717) is 37.7 Å². The number of allylic oxidation sites excluding steroid dienone is 6. The fourth-order valence-corrected chi connectivity index (χ4v) is 10.7. The molecule has 11 unspecified atom stereocenters. The van der Waals surface area contributed by atoms with E-state index in [4.69, 9.17) is 10.6 Å². The molecule has 0 aromatic carbocycles. The molecule has 11 atom stereocenters. The number of aliphatic hydroxyl groups is 1. The number of fused-ring (bicyclic) bond motifs is 8. The van der Waals surface area contributed by atoms with Crippen molar-refractivity contribution in [1.82, 2.24) is 10.6 Å². The number of nitrogens with zero attached hydrogens (tertiary/aromatic N) is 2. The summed E-state index contributed by atoms with van der Waals surface area (Å²) in [4.78, 5) is 36.5. The Balaban J connectivity index is 0.00000794. The second kappa shape index (κ2) is 23.0. The topological polar surface area (TPSA) is 164 Å². The predicted octanol–water partition coefficient (Wildman–Crippen LogP) is 9.34. The summed E-state index contributed by atoms with van der Waals surface area (Å²) < 4.78 is 0. The van der Waals surface area contributed by atoms with E-state index >= 15 is 0 Å². The Morgan fingerprint density at radius 3 is 2.00 bits per heavy atom. The zero-order valence-electron chi connectivity index (χ0n) is 37.2. The average Bonchev–Trinajstić information content (AvgIpc) is 3.85. The molecule has 10 nitrogen and oxygen atoms in total. The number of carbonyl (C=O) groups is 3. The quantitative estimate of drug-likeness (QED) is 0.0517. The van der Waals surface area contributed by atoms with E-state index in [1.54, 1.807) is 0 Å². The summed E-state index contributed by atoms with van der Waals surface area (Å²) in [5.74, 6) is -1.55. The fraction of sp³-hybridized carbons (Fsp3) is 0.653. The molecular weight excluding hydrogens is 796 g/mol. The van der Waals surface area contributed by atoms with E-state index in [-0.39, 0.29) is 96.5 Å². The van der Waals surface area contributed by atoms with Gasteiger partial charge in [-0.25, -0.2) is 0 Å². The van der Waals surface area contributed by atoms with Crippen LogP contribution < -0.4 is 10.6 Å². The van der Waals surface area contributed by atoms with Gasteiger partial charge in [-0.05, 0) is 130 Å². The number of carboxylic acids is 2. The minimum atomic E-state index is -0.917. The van der Waals surface area contributed by atoms with Crippen molar-refractivity contribution in [2.24, 2.45) is 11.8 Å². The molecular formula is C49H72FeN4O6+. The normalized spacial score (nSPS) is 31.3. The Labute approximate surface area is 370 Å². The Bertz CT molecular complexity index is 1760. The van der Waals surface area contributed by atoms with E-state index in [1.165, 1.54) is 27.9 Å². The maximum Gasteiger partial charge on any atom is 3.00 e. The Morgan fingerprint density at radius 1 is 0.767 bits per heavy atom. The number of hydrogen-bond donors (Lipinski definition) is 5. The molecule has 0 aromatic heterocycles. The van der Waals surface area contributed by atoms with Crippen LogP contribution in [-0.2, 0) is 31.5 Å². The molecule has 0 aromatic rings. The molecule has 11 heteroatoms. The number of rotatable bonds is 18. The van der Waals surface area contributed by atoms with Crippen LogP contribution in [0.25, 0.3) is 10.6 Å². The monoisotopic (exact) mass is 868 g/mol. The van der Waals surface area contributed by atoms with E-state index in [0.717, 1.165) is 61.5 Å². The molecule has 5 aliphatic heterocycles. The summed E-state index contributed by atoms with van der Waals surface area (Å²) in [7, 11) is 0. The van der Waals surface area contributed by atoms with Crippen molar-refractivity contribution in [3.8, 4) is 0 Å². The zero-order valence-corrected chi connectivity index (χ0v) is 38.3. The van der Waals surface area contributed by atoms with Gasteiger partial charge in [0, 0.05) is 42.6 Å². The van der Waals surface area contributed by atoms with Crippen LogP contribution in [0, 0.1) is 11.8 Å². The minimum absolute atomic E-state index is 0. The van der Waals surface area contributed by atoms with E-state index in [2.05, 4.69) is 83.9 Å². The van der Waals surface area contributed by atoms with Crippen LogP contribution in [0.5, 0.6) is 0 Å². The smallest absolute Gasteiger partial charge is 0.656 e. The third-order valence-corrected chi connectivity index (χ3v) is 14.1. The summed E-state index contributed by atoms with van der Waals surface area (Å²) in [6.07, 6.45) is 17.9. The van der Waals surface area contributed by atoms with Crippen LogP contribution in [0.3, 0.4) is 0 Å². The van der Waals surface area contributed by atoms with Crippen molar-refractivity contribution in [2.45, 2.75) is 193 Å². The van der Waals surface area contributed by atoms with Crippen molar-refractivity contribution in [3.05, 3.63) is 91.7 Å². The number of aliphatic carboxylic acids is 2. The second-order valence-corrected chi connectivity index (χ2v) is 18.4. The van der Waals surface area contributed by atoms with Gasteiger partial charge in [0.2, 0.25) is 0 Å².